The number of thiazole rings is 1. The molecule has 0 aliphatic heterocycles. The Hall–Kier alpha value is -0.710. The topological polar surface area (TPSA) is 24.9 Å². The van der Waals surface area contributed by atoms with Crippen molar-refractivity contribution in [2.45, 2.75) is 13.5 Å². The maximum Gasteiger partial charge on any atom is 0.0904 e. The largest absolute Gasteiger partial charge is 0.314 e. The van der Waals surface area contributed by atoms with E-state index in [9.17, 15) is 0 Å². The van der Waals surface area contributed by atoms with Crippen molar-refractivity contribution < 1.29 is 0 Å². The third-order valence-electron chi connectivity index (χ3n) is 2.25. The SMILES string of the molecule is CNCc1nc(C)sc1-c1ccc(Br)cc1. The standard InChI is InChI=1S/C12H13BrN2S/c1-8-15-11(7-14-2)12(16-8)9-3-5-10(13)6-4-9/h3-6,14H,7H2,1-2H3. The molecule has 0 aliphatic rings. The summed E-state index contributed by atoms with van der Waals surface area (Å²) in [6.45, 7) is 2.86. The van der Waals surface area contributed by atoms with Crippen LogP contribution < -0.4 is 5.32 Å². The molecule has 0 bridgehead atoms. The Morgan fingerprint density at radius 2 is 2.00 bits per heavy atom. The second-order valence-corrected chi connectivity index (χ2v) is 5.66. The molecule has 0 radical (unpaired) electrons. The number of hydrogen-bond acceptors (Lipinski definition) is 3. The highest BCUT2D eigenvalue weighted by Gasteiger charge is 2.09. The van der Waals surface area contributed by atoms with E-state index in [1.165, 1.54) is 10.4 Å². The van der Waals surface area contributed by atoms with Gasteiger partial charge in [-0.25, -0.2) is 4.98 Å². The molecule has 0 aliphatic carbocycles. The fraction of sp³-hybridized carbons (Fsp3) is 0.250. The number of aryl methyl sites for hydroxylation is 1. The first-order valence-corrected chi connectivity index (χ1v) is 6.68. The lowest BCUT2D eigenvalue weighted by Gasteiger charge is -2.01. The molecule has 2 nitrogen and oxygen atoms in total. The van der Waals surface area contributed by atoms with Gasteiger partial charge in [-0.3, -0.25) is 0 Å². The van der Waals surface area contributed by atoms with Crippen molar-refractivity contribution in [1.29, 1.82) is 0 Å². The number of rotatable bonds is 3. The molecule has 1 aromatic heterocycles. The summed E-state index contributed by atoms with van der Waals surface area (Å²) >= 11 is 5.19. The molecule has 0 spiro atoms. The van der Waals surface area contributed by atoms with Crippen molar-refractivity contribution in [3.63, 3.8) is 0 Å². The predicted molar refractivity (Wildman–Crippen MR) is 72.8 cm³/mol. The van der Waals surface area contributed by atoms with Crippen molar-refractivity contribution in [2.75, 3.05) is 7.05 Å². The molecule has 16 heavy (non-hydrogen) atoms. The Bertz CT molecular complexity index is 476. The second-order valence-electron chi connectivity index (χ2n) is 3.55. The van der Waals surface area contributed by atoms with Crippen LogP contribution in [-0.4, -0.2) is 12.0 Å². The lowest BCUT2D eigenvalue weighted by atomic mass is 10.1. The van der Waals surface area contributed by atoms with Crippen LogP contribution in [0.1, 0.15) is 10.7 Å². The molecule has 0 saturated carbocycles. The minimum absolute atomic E-state index is 0.815. The Morgan fingerprint density at radius 1 is 1.31 bits per heavy atom. The zero-order valence-electron chi connectivity index (χ0n) is 9.25. The Kier molecular flexibility index (Phi) is 3.74. The highest BCUT2D eigenvalue weighted by Crippen LogP contribution is 2.30. The molecular formula is C12H13BrN2S. The van der Waals surface area contributed by atoms with Gasteiger partial charge in [-0.05, 0) is 31.7 Å². The number of nitrogens with one attached hydrogen (secondary N) is 1. The summed E-state index contributed by atoms with van der Waals surface area (Å²) in [6, 6.07) is 8.37. The molecule has 1 N–H and O–H groups in total. The van der Waals surface area contributed by atoms with Gasteiger partial charge in [0.25, 0.3) is 0 Å². The molecule has 2 rings (SSSR count). The van der Waals surface area contributed by atoms with Crippen molar-refractivity contribution in [2.24, 2.45) is 0 Å². The van der Waals surface area contributed by atoms with Gasteiger partial charge in [0.05, 0.1) is 15.6 Å². The molecule has 0 fully saturated rings. The molecule has 84 valence electrons. The third kappa shape index (κ3) is 2.51. The van der Waals surface area contributed by atoms with E-state index in [2.05, 4.69) is 50.5 Å². The first-order chi connectivity index (χ1) is 7.70. The van der Waals surface area contributed by atoms with Crippen LogP contribution in [0.15, 0.2) is 28.7 Å². The van der Waals surface area contributed by atoms with Gasteiger partial charge in [0, 0.05) is 11.0 Å². The Balaban J connectivity index is 2.42. The zero-order valence-corrected chi connectivity index (χ0v) is 11.7. The maximum atomic E-state index is 4.54. The van der Waals surface area contributed by atoms with Gasteiger partial charge >= 0.3 is 0 Å². The van der Waals surface area contributed by atoms with E-state index in [0.717, 1.165) is 21.7 Å². The predicted octanol–water partition coefficient (Wildman–Crippen LogP) is 3.60. The average molecular weight is 297 g/mol. The fourth-order valence-corrected chi connectivity index (χ4v) is 2.79. The van der Waals surface area contributed by atoms with Crippen LogP contribution in [0, 0.1) is 6.92 Å². The number of nitrogens with zero attached hydrogens (tertiary/aromatic N) is 1. The van der Waals surface area contributed by atoms with Gasteiger partial charge in [-0.15, -0.1) is 11.3 Å². The summed E-state index contributed by atoms with van der Waals surface area (Å²) in [4.78, 5) is 5.81. The fourth-order valence-electron chi connectivity index (χ4n) is 1.58. The van der Waals surface area contributed by atoms with E-state index < -0.39 is 0 Å². The van der Waals surface area contributed by atoms with E-state index in [4.69, 9.17) is 0 Å². The van der Waals surface area contributed by atoms with Crippen LogP contribution in [0.3, 0.4) is 0 Å². The van der Waals surface area contributed by atoms with E-state index in [0.29, 0.717) is 0 Å². The minimum atomic E-state index is 0.815. The molecule has 0 atom stereocenters. The van der Waals surface area contributed by atoms with Crippen LogP contribution in [0.5, 0.6) is 0 Å². The number of aromatic nitrogens is 1. The van der Waals surface area contributed by atoms with Gasteiger partial charge < -0.3 is 5.32 Å². The molecule has 4 heteroatoms. The molecule has 0 amide bonds. The zero-order chi connectivity index (χ0) is 11.5. The Morgan fingerprint density at radius 3 is 2.62 bits per heavy atom. The van der Waals surface area contributed by atoms with Crippen molar-refractivity contribution in [1.82, 2.24) is 10.3 Å². The molecular weight excluding hydrogens is 284 g/mol. The third-order valence-corrected chi connectivity index (χ3v) is 3.85. The van der Waals surface area contributed by atoms with E-state index in [1.807, 2.05) is 14.0 Å². The second kappa shape index (κ2) is 5.08. The monoisotopic (exact) mass is 296 g/mol. The van der Waals surface area contributed by atoms with E-state index in [1.54, 1.807) is 11.3 Å². The first-order valence-electron chi connectivity index (χ1n) is 5.07. The molecule has 1 aromatic carbocycles. The Labute approximate surface area is 108 Å². The minimum Gasteiger partial charge on any atom is -0.314 e. The van der Waals surface area contributed by atoms with Gasteiger partial charge in [0.15, 0.2) is 0 Å². The van der Waals surface area contributed by atoms with Crippen molar-refractivity contribution >= 4 is 27.3 Å². The summed E-state index contributed by atoms with van der Waals surface area (Å²) in [5, 5.41) is 4.27. The number of hydrogen-bond donors (Lipinski definition) is 1. The van der Waals surface area contributed by atoms with Crippen LogP contribution >= 0.6 is 27.3 Å². The van der Waals surface area contributed by atoms with Crippen LogP contribution in [0.2, 0.25) is 0 Å². The summed E-state index contributed by atoms with van der Waals surface area (Å²) in [5.74, 6) is 0. The van der Waals surface area contributed by atoms with Gasteiger partial charge in [-0.1, -0.05) is 28.1 Å². The summed E-state index contributed by atoms with van der Waals surface area (Å²) in [7, 11) is 1.94. The van der Waals surface area contributed by atoms with Crippen molar-refractivity contribution in [3.05, 3.63) is 39.4 Å². The lowest BCUT2D eigenvalue weighted by molar-refractivity contribution is 0.796. The van der Waals surface area contributed by atoms with Gasteiger partial charge in [-0.2, -0.15) is 0 Å². The normalized spacial score (nSPS) is 10.7. The van der Waals surface area contributed by atoms with Gasteiger partial charge in [0.1, 0.15) is 0 Å². The van der Waals surface area contributed by atoms with Crippen LogP contribution in [-0.2, 0) is 6.54 Å². The summed E-state index contributed by atoms with van der Waals surface area (Å²) < 4.78 is 1.10. The number of halogens is 1. The highest BCUT2D eigenvalue weighted by atomic mass is 79.9. The first kappa shape index (κ1) is 11.8. The highest BCUT2D eigenvalue weighted by molar-refractivity contribution is 9.10. The summed E-state index contributed by atoms with van der Waals surface area (Å²) in [5.41, 5.74) is 2.37. The summed E-state index contributed by atoms with van der Waals surface area (Å²) in [6.07, 6.45) is 0. The quantitative estimate of drug-likeness (QED) is 0.936. The molecule has 0 saturated heterocycles. The number of benzene rings is 1. The lowest BCUT2D eigenvalue weighted by Crippen LogP contribution is -2.06. The average Bonchev–Trinajstić information content (AvgIpc) is 2.61. The van der Waals surface area contributed by atoms with E-state index >= 15 is 0 Å². The molecule has 0 unspecified atom stereocenters. The van der Waals surface area contributed by atoms with Gasteiger partial charge in [0.2, 0.25) is 0 Å². The smallest absolute Gasteiger partial charge is 0.0904 e. The van der Waals surface area contributed by atoms with E-state index in [-0.39, 0.29) is 0 Å². The molecule has 1 heterocycles. The molecule has 2 aromatic rings. The van der Waals surface area contributed by atoms with Crippen molar-refractivity contribution in [3.8, 4) is 10.4 Å². The maximum absolute atomic E-state index is 4.54. The van der Waals surface area contributed by atoms with Crippen LogP contribution in [0.25, 0.3) is 10.4 Å². The van der Waals surface area contributed by atoms with Crippen LogP contribution in [0.4, 0.5) is 0 Å².